The lowest BCUT2D eigenvalue weighted by molar-refractivity contribution is 0.414. The Balaban J connectivity index is 1.58. The highest BCUT2D eigenvalue weighted by Gasteiger charge is 2.10. The summed E-state index contributed by atoms with van der Waals surface area (Å²) in [4.78, 5) is 9.27. The standard InChI is InChI=1S/C21H19N3O2/c1-25-16-7-4-6-15(14-16)11-12-22-20-17-8-2-3-9-18(17)23-21(24-20)19-10-5-13-26-19/h2-10,13-14H,11-12H2,1H3,(H,22,23,24). The Bertz CT molecular complexity index is 1010. The first kappa shape index (κ1) is 16.1. The number of benzene rings is 2. The van der Waals surface area contributed by atoms with E-state index in [0.29, 0.717) is 11.6 Å². The summed E-state index contributed by atoms with van der Waals surface area (Å²) in [6.07, 6.45) is 2.50. The van der Waals surface area contributed by atoms with Gasteiger partial charge in [0.15, 0.2) is 11.6 Å². The molecule has 0 amide bonds. The molecular weight excluding hydrogens is 326 g/mol. The second-order valence-electron chi connectivity index (χ2n) is 5.92. The van der Waals surface area contributed by atoms with E-state index in [0.717, 1.165) is 35.4 Å². The number of hydrogen-bond donors (Lipinski definition) is 1. The van der Waals surface area contributed by atoms with Gasteiger partial charge in [0.1, 0.15) is 11.6 Å². The van der Waals surface area contributed by atoms with Crippen LogP contribution >= 0.6 is 0 Å². The Kier molecular flexibility index (Phi) is 4.51. The number of para-hydroxylation sites is 1. The normalized spacial score (nSPS) is 10.8. The Labute approximate surface area is 151 Å². The van der Waals surface area contributed by atoms with Gasteiger partial charge in [-0.15, -0.1) is 0 Å². The molecule has 0 unspecified atom stereocenters. The van der Waals surface area contributed by atoms with Crippen LogP contribution in [0.2, 0.25) is 0 Å². The summed E-state index contributed by atoms with van der Waals surface area (Å²) in [6.45, 7) is 0.756. The smallest absolute Gasteiger partial charge is 0.198 e. The van der Waals surface area contributed by atoms with Crippen molar-refractivity contribution in [2.24, 2.45) is 0 Å². The molecule has 0 saturated heterocycles. The Morgan fingerprint density at radius 1 is 1.00 bits per heavy atom. The lowest BCUT2D eigenvalue weighted by Crippen LogP contribution is -2.08. The molecule has 0 atom stereocenters. The molecule has 0 aliphatic heterocycles. The van der Waals surface area contributed by atoms with E-state index < -0.39 is 0 Å². The third kappa shape index (κ3) is 3.37. The van der Waals surface area contributed by atoms with Gasteiger partial charge in [0.2, 0.25) is 0 Å². The second-order valence-corrected chi connectivity index (χ2v) is 5.92. The highest BCUT2D eigenvalue weighted by molar-refractivity contribution is 5.90. The molecule has 0 spiro atoms. The van der Waals surface area contributed by atoms with Gasteiger partial charge in [0, 0.05) is 11.9 Å². The number of nitrogens with zero attached hydrogens (tertiary/aromatic N) is 2. The predicted octanol–water partition coefficient (Wildman–Crippen LogP) is 4.55. The Morgan fingerprint density at radius 2 is 1.92 bits per heavy atom. The van der Waals surface area contributed by atoms with Crippen molar-refractivity contribution in [3.8, 4) is 17.3 Å². The van der Waals surface area contributed by atoms with Crippen molar-refractivity contribution in [2.75, 3.05) is 19.0 Å². The summed E-state index contributed by atoms with van der Waals surface area (Å²) in [5, 5.41) is 4.44. The van der Waals surface area contributed by atoms with Gasteiger partial charge in [-0.3, -0.25) is 0 Å². The molecule has 0 saturated carbocycles. The SMILES string of the molecule is COc1cccc(CCNc2nc(-c3ccco3)nc3ccccc23)c1. The summed E-state index contributed by atoms with van der Waals surface area (Å²) in [5.41, 5.74) is 2.10. The first-order valence-electron chi connectivity index (χ1n) is 8.51. The lowest BCUT2D eigenvalue weighted by atomic mass is 10.1. The maximum Gasteiger partial charge on any atom is 0.198 e. The number of fused-ring (bicyclic) bond motifs is 1. The van der Waals surface area contributed by atoms with Gasteiger partial charge < -0.3 is 14.5 Å². The van der Waals surface area contributed by atoms with Crippen molar-refractivity contribution in [1.82, 2.24) is 9.97 Å². The molecule has 130 valence electrons. The molecule has 5 heteroatoms. The fraction of sp³-hybridized carbons (Fsp3) is 0.143. The highest BCUT2D eigenvalue weighted by atomic mass is 16.5. The van der Waals surface area contributed by atoms with Gasteiger partial charge in [-0.2, -0.15) is 0 Å². The van der Waals surface area contributed by atoms with E-state index >= 15 is 0 Å². The minimum atomic E-state index is 0.581. The van der Waals surface area contributed by atoms with Crippen LogP contribution in [-0.4, -0.2) is 23.6 Å². The first-order chi connectivity index (χ1) is 12.8. The average molecular weight is 345 g/mol. The summed E-state index contributed by atoms with van der Waals surface area (Å²) < 4.78 is 10.7. The van der Waals surface area contributed by atoms with Gasteiger partial charge in [0.05, 0.1) is 18.9 Å². The highest BCUT2D eigenvalue weighted by Crippen LogP contribution is 2.25. The van der Waals surface area contributed by atoms with Crippen molar-refractivity contribution >= 4 is 16.7 Å². The zero-order chi connectivity index (χ0) is 17.8. The molecule has 2 aromatic carbocycles. The zero-order valence-electron chi connectivity index (χ0n) is 14.5. The van der Waals surface area contributed by atoms with Crippen LogP contribution in [0, 0.1) is 0 Å². The van der Waals surface area contributed by atoms with E-state index in [1.807, 2.05) is 54.6 Å². The number of anilines is 1. The van der Waals surface area contributed by atoms with Crippen molar-refractivity contribution in [3.05, 3.63) is 72.5 Å². The minimum absolute atomic E-state index is 0.581. The molecule has 2 heterocycles. The first-order valence-corrected chi connectivity index (χ1v) is 8.51. The summed E-state index contributed by atoms with van der Waals surface area (Å²) in [5.74, 6) is 2.92. The molecule has 1 N–H and O–H groups in total. The lowest BCUT2D eigenvalue weighted by Gasteiger charge is -2.10. The second kappa shape index (κ2) is 7.27. The van der Waals surface area contributed by atoms with Crippen LogP contribution in [0.4, 0.5) is 5.82 Å². The number of furan rings is 1. The predicted molar refractivity (Wildman–Crippen MR) is 102 cm³/mol. The van der Waals surface area contributed by atoms with Gasteiger partial charge in [-0.05, 0) is 48.4 Å². The number of ether oxygens (including phenoxy) is 1. The van der Waals surface area contributed by atoms with E-state index in [2.05, 4.69) is 21.4 Å². The Morgan fingerprint density at radius 3 is 2.77 bits per heavy atom. The molecule has 0 bridgehead atoms. The van der Waals surface area contributed by atoms with Gasteiger partial charge >= 0.3 is 0 Å². The van der Waals surface area contributed by atoms with E-state index in [9.17, 15) is 0 Å². The molecule has 2 aromatic heterocycles. The molecule has 5 nitrogen and oxygen atoms in total. The summed E-state index contributed by atoms with van der Waals surface area (Å²) in [6, 6.07) is 19.8. The molecule has 26 heavy (non-hydrogen) atoms. The van der Waals surface area contributed by atoms with Crippen LogP contribution < -0.4 is 10.1 Å². The third-order valence-corrected chi connectivity index (χ3v) is 4.19. The van der Waals surface area contributed by atoms with Crippen LogP contribution in [0.15, 0.2) is 71.3 Å². The number of nitrogens with one attached hydrogen (secondary N) is 1. The third-order valence-electron chi connectivity index (χ3n) is 4.19. The van der Waals surface area contributed by atoms with Crippen molar-refractivity contribution in [1.29, 1.82) is 0 Å². The summed E-state index contributed by atoms with van der Waals surface area (Å²) in [7, 11) is 1.68. The van der Waals surface area contributed by atoms with E-state index in [4.69, 9.17) is 9.15 Å². The zero-order valence-corrected chi connectivity index (χ0v) is 14.5. The minimum Gasteiger partial charge on any atom is -0.497 e. The largest absolute Gasteiger partial charge is 0.497 e. The Hall–Kier alpha value is -3.34. The van der Waals surface area contributed by atoms with Gasteiger partial charge in [-0.1, -0.05) is 24.3 Å². The van der Waals surface area contributed by atoms with E-state index in [-0.39, 0.29) is 0 Å². The van der Waals surface area contributed by atoms with Crippen molar-refractivity contribution in [2.45, 2.75) is 6.42 Å². The number of rotatable bonds is 6. The fourth-order valence-corrected chi connectivity index (χ4v) is 2.88. The van der Waals surface area contributed by atoms with E-state index in [1.165, 1.54) is 5.56 Å². The molecule has 0 radical (unpaired) electrons. The van der Waals surface area contributed by atoms with Crippen LogP contribution in [0.25, 0.3) is 22.5 Å². The molecule has 4 rings (SSSR count). The molecular formula is C21H19N3O2. The average Bonchev–Trinajstić information content (AvgIpc) is 3.23. The number of methoxy groups -OCH3 is 1. The van der Waals surface area contributed by atoms with E-state index in [1.54, 1.807) is 13.4 Å². The molecule has 4 aromatic rings. The number of hydrogen-bond acceptors (Lipinski definition) is 5. The van der Waals surface area contributed by atoms with Gasteiger partial charge in [-0.25, -0.2) is 9.97 Å². The molecule has 0 aliphatic rings. The quantitative estimate of drug-likeness (QED) is 0.555. The fourth-order valence-electron chi connectivity index (χ4n) is 2.88. The summed E-state index contributed by atoms with van der Waals surface area (Å²) >= 11 is 0. The van der Waals surface area contributed by atoms with Crippen LogP contribution in [-0.2, 0) is 6.42 Å². The maximum atomic E-state index is 5.46. The maximum absolute atomic E-state index is 5.46. The van der Waals surface area contributed by atoms with Crippen molar-refractivity contribution in [3.63, 3.8) is 0 Å². The van der Waals surface area contributed by atoms with Crippen molar-refractivity contribution < 1.29 is 9.15 Å². The van der Waals surface area contributed by atoms with Crippen LogP contribution in [0.1, 0.15) is 5.56 Å². The van der Waals surface area contributed by atoms with Gasteiger partial charge in [0.25, 0.3) is 0 Å². The van der Waals surface area contributed by atoms with Crippen LogP contribution in [0.5, 0.6) is 5.75 Å². The molecule has 0 aliphatic carbocycles. The monoisotopic (exact) mass is 345 g/mol. The molecule has 0 fully saturated rings. The number of aromatic nitrogens is 2. The topological polar surface area (TPSA) is 60.2 Å². The van der Waals surface area contributed by atoms with Crippen LogP contribution in [0.3, 0.4) is 0 Å².